The monoisotopic (exact) mass is 392 g/mol. The van der Waals surface area contributed by atoms with Gasteiger partial charge in [0.25, 0.3) is 10.0 Å². The summed E-state index contributed by atoms with van der Waals surface area (Å²) in [6.45, 7) is 7.31. The average molecular weight is 392 g/mol. The number of sulfonamides is 1. The van der Waals surface area contributed by atoms with Crippen LogP contribution < -0.4 is 0 Å². The second-order valence-corrected chi connectivity index (χ2v) is 9.27. The molecule has 7 nitrogen and oxygen atoms in total. The molecule has 4 rings (SSSR count). The first kappa shape index (κ1) is 18.5. The molecule has 2 aromatic heterocycles. The fraction of sp³-hybridized carbons (Fsp3) is 0.526. The molecule has 1 spiro atoms. The van der Waals surface area contributed by atoms with E-state index in [9.17, 15) is 8.42 Å². The molecule has 8 heteroatoms. The highest BCUT2D eigenvalue weighted by atomic mass is 32.2. The Kier molecular flexibility index (Phi) is 4.52. The largest absolute Gasteiger partial charge is 0.440 e. The van der Waals surface area contributed by atoms with Gasteiger partial charge >= 0.3 is 0 Å². The minimum absolute atomic E-state index is 0.0711. The summed E-state index contributed by atoms with van der Waals surface area (Å²) < 4.78 is 44.3. The number of hydrogen-bond acceptors (Lipinski definition) is 6. The number of ether oxygens (including phenoxy) is 1. The molecule has 0 atom stereocenters. The Hall–Kier alpha value is -1.90. The Bertz CT molecular complexity index is 978. The zero-order valence-corrected chi connectivity index (χ0v) is 16.6. The van der Waals surface area contributed by atoms with Gasteiger partial charge < -0.3 is 13.7 Å². The number of piperidine rings is 1. The van der Waals surface area contributed by atoms with Crippen LogP contribution in [0.5, 0.6) is 0 Å². The van der Waals surface area contributed by atoms with E-state index in [0.717, 1.165) is 17.7 Å². The zero-order valence-electron chi connectivity index (χ0n) is 15.8. The summed E-state index contributed by atoms with van der Waals surface area (Å²) in [5, 5.41) is 3.82. The van der Waals surface area contributed by atoms with Gasteiger partial charge in [-0.25, -0.2) is 8.42 Å². The second-order valence-electron chi connectivity index (χ2n) is 7.40. The second kappa shape index (κ2) is 6.61. The Morgan fingerprint density at radius 3 is 2.52 bits per heavy atom. The first-order valence-corrected chi connectivity index (χ1v) is 10.6. The van der Waals surface area contributed by atoms with Crippen LogP contribution >= 0.6 is 0 Å². The van der Waals surface area contributed by atoms with Gasteiger partial charge in [-0.05, 0) is 52.2 Å². The quantitative estimate of drug-likeness (QED) is 0.744. The molecule has 0 radical (unpaired) electrons. The molecule has 0 unspecified atom stereocenters. The number of nitrogens with zero attached hydrogens (tertiary/aromatic N) is 2. The number of aryl methyl sites for hydroxylation is 1. The van der Waals surface area contributed by atoms with Crippen molar-refractivity contribution in [1.82, 2.24) is 9.46 Å². The van der Waals surface area contributed by atoms with Crippen LogP contribution in [0.15, 0.2) is 37.8 Å². The SMILES string of the molecule is CC1=CC2(CCN(S(=O)(=O)c3ccc(-c4onc(C)c4C)o3)CC2)OCC1. The molecule has 1 saturated heterocycles. The summed E-state index contributed by atoms with van der Waals surface area (Å²) in [5.41, 5.74) is 2.58. The van der Waals surface area contributed by atoms with E-state index >= 15 is 0 Å². The summed E-state index contributed by atoms with van der Waals surface area (Å²) in [4.78, 5) is 0. The maximum absolute atomic E-state index is 13.0. The molecule has 0 N–H and O–H groups in total. The lowest BCUT2D eigenvalue weighted by molar-refractivity contribution is -0.0463. The number of hydrogen-bond donors (Lipinski definition) is 0. The summed E-state index contributed by atoms with van der Waals surface area (Å²) >= 11 is 0. The van der Waals surface area contributed by atoms with Crippen molar-refractivity contribution in [1.29, 1.82) is 0 Å². The predicted molar refractivity (Wildman–Crippen MR) is 98.7 cm³/mol. The summed E-state index contributed by atoms with van der Waals surface area (Å²) in [6.07, 6.45) is 4.41. The van der Waals surface area contributed by atoms with Crippen molar-refractivity contribution in [3.63, 3.8) is 0 Å². The van der Waals surface area contributed by atoms with Crippen molar-refractivity contribution in [3.8, 4) is 11.5 Å². The summed E-state index contributed by atoms with van der Waals surface area (Å²) in [5.74, 6) is 0.831. The normalized spacial score (nSPS) is 20.8. The summed E-state index contributed by atoms with van der Waals surface area (Å²) in [7, 11) is -3.70. The molecule has 2 aromatic rings. The van der Waals surface area contributed by atoms with Gasteiger partial charge in [0.05, 0.1) is 17.9 Å². The summed E-state index contributed by atoms with van der Waals surface area (Å²) in [6, 6.07) is 3.09. The number of furan rings is 1. The van der Waals surface area contributed by atoms with Gasteiger partial charge in [0.15, 0.2) is 5.76 Å². The standard InChI is InChI=1S/C19H24N2O5S/c1-13-6-11-24-19(12-13)7-9-21(10-8-19)27(22,23)17-5-4-16(25-17)18-14(2)15(3)20-26-18/h4-5,12H,6-11H2,1-3H3. The van der Waals surface area contributed by atoms with Crippen LogP contribution in [0.4, 0.5) is 0 Å². The Morgan fingerprint density at radius 2 is 1.89 bits per heavy atom. The van der Waals surface area contributed by atoms with Crippen molar-refractivity contribution in [3.05, 3.63) is 35.0 Å². The van der Waals surface area contributed by atoms with Crippen LogP contribution in [0.1, 0.15) is 37.4 Å². The van der Waals surface area contributed by atoms with Gasteiger partial charge in [0.1, 0.15) is 0 Å². The molecule has 27 heavy (non-hydrogen) atoms. The van der Waals surface area contributed by atoms with Crippen LogP contribution in [0.3, 0.4) is 0 Å². The fourth-order valence-electron chi connectivity index (χ4n) is 3.73. The zero-order chi connectivity index (χ0) is 19.2. The lowest BCUT2D eigenvalue weighted by atomic mass is 9.88. The number of rotatable bonds is 3. The van der Waals surface area contributed by atoms with E-state index in [0.29, 0.717) is 44.1 Å². The van der Waals surface area contributed by atoms with Gasteiger partial charge in [-0.1, -0.05) is 16.8 Å². The van der Waals surface area contributed by atoms with Gasteiger partial charge in [-0.15, -0.1) is 0 Å². The number of aromatic nitrogens is 1. The molecule has 0 saturated carbocycles. The predicted octanol–water partition coefficient (Wildman–Crippen LogP) is 3.44. The van der Waals surface area contributed by atoms with Crippen molar-refractivity contribution in [2.45, 2.75) is 50.7 Å². The third kappa shape index (κ3) is 3.26. The first-order chi connectivity index (χ1) is 12.8. The van der Waals surface area contributed by atoms with Crippen LogP contribution in [0.2, 0.25) is 0 Å². The Labute approximate surface area is 159 Å². The van der Waals surface area contributed by atoms with E-state index in [1.54, 1.807) is 6.07 Å². The van der Waals surface area contributed by atoms with Gasteiger partial charge in [-0.3, -0.25) is 0 Å². The molecular weight excluding hydrogens is 368 g/mol. The molecule has 4 heterocycles. The molecular formula is C19H24N2O5S. The van der Waals surface area contributed by atoms with Crippen LogP contribution in [0.25, 0.3) is 11.5 Å². The highest BCUT2D eigenvalue weighted by molar-refractivity contribution is 7.89. The first-order valence-electron chi connectivity index (χ1n) is 9.16. The van der Waals surface area contributed by atoms with Crippen molar-refractivity contribution in [2.24, 2.45) is 0 Å². The highest BCUT2D eigenvalue weighted by Gasteiger charge is 2.40. The van der Waals surface area contributed by atoms with Crippen LogP contribution in [-0.4, -0.2) is 43.2 Å². The molecule has 146 valence electrons. The molecule has 2 aliphatic rings. The van der Waals surface area contributed by atoms with Gasteiger partial charge in [0.2, 0.25) is 10.9 Å². The van der Waals surface area contributed by atoms with Gasteiger partial charge in [0, 0.05) is 18.7 Å². The van der Waals surface area contributed by atoms with E-state index in [-0.39, 0.29) is 10.7 Å². The molecule has 0 bridgehead atoms. The minimum atomic E-state index is -3.70. The topological polar surface area (TPSA) is 85.8 Å². The minimum Gasteiger partial charge on any atom is -0.440 e. The van der Waals surface area contributed by atoms with E-state index in [2.05, 4.69) is 18.2 Å². The average Bonchev–Trinajstić information content (AvgIpc) is 3.23. The smallest absolute Gasteiger partial charge is 0.276 e. The van der Waals surface area contributed by atoms with E-state index in [1.807, 2.05) is 13.8 Å². The third-order valence-corrected chi connectivity index (χ3v) is 7.29. The van der Waals surface area contributed by atoms with Crippen molar-refractivity contribution in [2.75, 3.05) is 19.7 Å². The van der Waals surface area contributed by atoms with Gasteiger partial charge in [-0.2, -0.15) is 4.31 Å². The van der Waals surface area contributed by atoms with E-state index < -0.39 is 10.0 Å². The molecule has 2 aliphatic heterocycles. The van der Waals surface area contributed by atoms with E-state index in [4.69, 9.17) is 13.7 Å². The molecule has 0 aromatic carbocycles. The van der Waals surface area contributed by atoms with Crippen molar-refractivity contribution >= 4 is 10.0 Å². The lowest BCUT2D eigenvalue weighted by Gasteiger charge is -2.41. The van der Waals surface area contributed by atoms with Crippen LogP contribution in [0, 0.1) is 13.8 Å². The van der Waals surface area contributed by atoms with E-state index in [1.165, 1.54) is 15.9 Å². The Morgan fingerprint density at radius 1 is 1.15 bits per heavy atom. The molecule has 1 fully saturated rings. The maximum Gasteiger partial charge on any atom is 0.276 e. The van der Waals surface area contributed by atoms with Crippen molar-refractivity contribution < 1.29 is 22.1 Å². The highest BCUT2D eigenvalue weighted by Crippen LogP contribution is 2.36. The third-order valence-electron chi connectivity index (χ3n) is 5.52. The molecule has 0 amide bonds. The molecule has 0 aliphatic carbocycles. The fourth-order valence-corrected chi connectivity index (χ4v) is 5.08. The maximum atomic E-state index is 13.0. The Balaban J connectivity index is 1.53. The van der Waals surface area contributed by atoms with Crippen LogP contribution in [-0.2, 0) is 14.8 Å². The lowest BCUT2D eigenvalue weighted by Crippen LogP contribution is -2.48.